The zero-order valence-electron chi connectivity index (χ0n) is 44.3. The van der Waals surface area contributed by atoms with Crippen LogP contribution in [-0.2, 0) is 5.41 Å². The summed E-state index contributed by atoms with van der Waals surface area (Å²) in [5.74, 6) is 0.914. The standard InChI is InChI=1S/C76H47N3S2/c1-76(2)64-27-12-10-23-54(64)61-40-48(32-35-65(61)76)78(49-33-36-69-62(41-49)55-24-11-14-29-68(55)80-69)47-18-15-17-45(38-47)46-30-34-58-70(39-46)81-75-73(58)57-26-9-8-25-56(57)72-63-42-59-52-21-6-4-19-50(52)51-20-5-7-22-53(51)60(59)43-67(63)79(74(72)75)71-37-31-44-16-3-13-28-66(44)77-71/h3-43H,1-2H3. The number of para-hydroxylation sites is 1. The summed E-state index contributed by atoms with van der Waals surface area (Å²) >= 11 is 3.77. The molecule has 13 aromatic carbocycles. The first-order valence-corrected chi connectivity index (χ1v) is 29.6. The molecule has 4 heterocycles. The predicted molar refractivity (Wildman–Crippen MR) is 350 cm³/mol. The lowest BCUT2D eigenvalue weighted by Gasteiger charge is -2.27. The van der Waals surface area contributed by atoms with Gasteiger partial charge in [0.1, 0.15) is 5.82 Å². The molecule has 1 aliphatic carbocycles. The number of nitrogens with zero attached hydrogens (tertiary/aromatic N) is 3. The molecule has 0 amide bonds. The molecule has 0 spiro atoms. The zero-order valence-corrected chi connectivity index (χ0v) is 46.0. The Bertz CT molecular complexity index is 5600. The molecule has 0 saturated carbocycles. The van der Waals surface area contributed by atoms with Crippen LogP contribution in [0.5, 0.6) is 0 Å². The smallest absolute Gasteiger partial charge is 0.138 e. The fraction of sp³-hybridized carbons (Fsp3) is 0.0395. The molecule has 17 aromatic rings. The molecular weight excluding hydrogens is 1020 g/mol. The maximum atomic E-state index is 5.49. The van der Waals surface area contributed by atoms with Crippen molar-refractivity contribution in [3.63, 3.8) is 0 Å². The SMILES string of the molecule is CC1(C)c2ccccc2-c2cc(N(c3cccc(-c4ccc5c(c4)sc4c5c5ccccc5c5c6cc7c8ccccc8c8ccccc8c7cc6n(-c6ccc7ccccc7n6)c45)c3)c3ccc4sc5ccccc5c4c3)ccc21. The van der Waals surface area contributed by atoms with Crippen molar-refractivity contribution in [2.24, 2.45) is 0 Å². The normalized spacial score (nSPS) is 13.2. The average molecular weight is 1070 g/mol. The van der Waals surface area contributed by atoms with Gasteiger partial charge in [-0.15, -0.1) is 22.7 Å². The number of hydrogen-bond donors (Lipinski definition) is 0. The number of hydrogen-bond acceptors (Lipinski definition) is 4. The zero-order chi connectivity index (χ0) is 53.2. The van der Waals surface area contributed by atoms with E-state index in [1.165, 1.54) is 133 Å². The van der Waals surface area contributed by atoms with E-state index >= 15 is 0 Å². The van der Waals surface area contributed by atoms with Gasteiger partial charge in [0.25, 0.3) is 0 Å². The van der Waals surface area contributed by atoms with Gasteiger partial charge in [-0.2, -0.15) is 0 Å². The third-order valence-corrected chi connectivity index (χ3v) is 20.2. The molecule has 378 valence electrons. The Kier molecular flexibility index (Phi) is 9.33. The minimum atomic E-state index is -0.0871. The molecule has 0 N–H and O–H groups in total. The highest BCUT2D eigenvalue weighted by molar-refractivity contribution is 7.27. The van der Waals surface area contributed by atoms with Crippen molar-refractivity contribution >= 4 is 156 Å². The van der Waals surface area contributed by atoms with Crippen molar-refractivity contribution < 1.29 is 0 Å². The van der Waals surface area contributed by atoms with Gasteiger partial charge in [0.05, 0.1) is 21.3 Å². The number of anilines is 3. The lowest BCUT2D eigenvalue weighted by Crippen LogP contribution is -2.15. The summed E-state index contributed by atoms with van der Waals surface area (Å²) in [6, 6.07) is 93.1. The Morgan fingerprint density at radius 3 is 1.83 bits per heavy atom. The van der Waals surface area contributed by atoms with Gasteiger partial charge in [0.2, 0.25) is 0 Å². The summed E-state index contributed by atoms with van der Waals surface area (Å²) in [6.07, 6.45) is 0. The molecule has 18 rings (SSSR count). The summed E-state index contributed by atoms with van der Waals surface area (Å²) in [5, 5.41) is 18.8. The van der Waals surface area contributed by atoms with E-state index in [1.54, 1.807) is 0 Å². The van der Waals surface area contributed by atoms with Crippen molar-refractivity contribution in [3.05, 3.63) is 260 Å². The van der Waals surface area contributed by atoms with Crippen LogP contribution >= 0.6 is 22.7 Å². The van der Waals surface area contributed by atoms with E-state index in [-0.39, 0.29) is 5.41 Å². The summed E-state index contributed by atoms with van der Waals surface area (Å²) < 4.78 is 7.60. The quantitative estimate of drug-likeness (QED) is 0.160. The van der Waals surface area contributed by atoms with Crippen LogP contribution in [0.3, 0.4) is 0 Å². The Balaban J connectivity index is 0.871. The van der Waals surface area contributed by atoms with Gasteiger partial charge in [0.15, 0.2) is 0 Å². The monoisotopic (exact) mass is 1070 g/mol. The highest BCUT2D eigenvalue weighted by Gasteiger charge is 2.36. The fourth-order valence-corrected chi connectivity index (χ4v) is 16.6. The second-order valence-electron chi connectivity index (χ2n) is 22.6. The Morgan fingerprint density at radius 1 is 0.370 bits per heavy atom. The Hall–Kier alpha value is -9.65. The van der Waals surface area contributed by atoms with E-state index in [2.05, 4.69) is 272 Å². The largest absolute Gasteiger partial charge is 0.310 e. The number of pyridine rings is 1. The van der Waals surface area contributed by atoms with Crippen LogP contribution < -0.4 is 4.90 Å². The van der Waals surface area contributed by atoms with Crippen LogP contribution in [0.25, 0.3) is 144 Å². The third kappa shape index (κ3) is 6.41. The van der Waals surface area contributed by atoms with Crippen LogP contribution in [0.15, 0.2) is 249 Å². The number of aromatic nitrogens is 2. The average Bonchev–Trinajstić information content (AvgIpc) is 3.31. The summed E-state index contributed by atoms with van der Waals surface area (Å²) in [7, 11) is 0. The van der Waals surface area contributed by atoms with Crippen molar-refractivity contribution in [1.82, 2.24) is 9.55 Å². The van der Waals surface area contributed by atoms with Gasteiger partial charge < -0.3 is 4.90 Å². The fourth-order valence-electron chi connectivity index (χ4n) is 14.2. The highest BCUT2D eigenvalue weighted by Crippen LogP contribution is 2.53. The first kappa shape index (κ1) is 45.2. The van der Waals surface area contributed by atoms with Crippen molar-refractivity contribution in [1.29, 1.82) is 0 Å². The molecule has 5 heteroatoms. The summed E-state index contributed by atoms with van der Waals surface area (Å²) in [5.41, 5.74) is 14.3. The molecule has 0 unspecified atom stereocenters. The minimum Gasteiger partial charge on any atom is -0.310 e. The molecule has 0 bridgehead atoms. The van der Waals surface area contributed by atoms with Gasteiger partial charge in [-0.25, -0.2) is 4.98 Å². The molecule has 0 radical (unpaired) electrons. The van der Waals surface area contributed by atoms with Gasteiger partial charge >= 0.3 is 0 Å². The van der Waals surface area contributed by atoms with Crippen LogP contribution in [0.2, 0.25) is 0 Å². The van der Waals surface area contributed by atoms with Crippen molar-refractivity contribution in [3.8, 4) is 28.1 Å². The lowest BCUT2D eigenvalue weighted by molar-refractivity contribution is 0.660. The van der Waals surface area contributed by atoms with Crippen LogP contribution in [0.4, 0.5) is 17.1 Å². The molecule has 0 atom stereocenters. The molecule has 0 saturated heterocycles. The van der Waals surface area contributed by atoms with E-state index in [0.717, 1.165) is 39.3 Å². The molecule has 81 heavy (non-hydrogen) atoms. The summed E-state index contributed by atoms with van der Waals surface area (Å²) in [6.45, 7) is 4.72. The molecule has 0 aliphatic heterocycles. The number of fused-ring (bicyclic) bond motifs is 23. The maximum absolute atomic E-state index is 5.49. The van der Waals surface area contributed by atoms with E-state index in [9.17, 15) is 0 Å². The topological polar surface area (TPSA) is 21.1 Å². The van der Waals surface area contributed by atoms with E-state index in [1.807, 2.05) is 22.7 Å². The van der Waals surface area contributed by atoms with Gasteiger partial charge in [-0.1, -0.05) is 178 Å². The first-order chi connectivity index (χ1) is 39.9. The molecular formula is C76H47N3S2. The van der Waals surface area contributed by atoms with E-state index in [0.29, 0.717) is 0 Å². The lowest BCUT2D eigenvalue weighted by atomic mass is 9.82. The first-order valence-electron chi connectivity index (χ1n) is 27.9. The van der Waals surface area contributed by atoms with Crippen LogP contribution in [0.1, 0.15) is 25.0 Å². The van der Waals surface area contributed by atoms with Crippen LogP contribution in [0, 0.1) is 0 Å². The van der Waals surface area contributed by atoms with Gasteiger partial charge in [-0.05, 0) is 161 Å². The molecule has 3 nitrogen and oxygen atoms in total. The number of thiophene rings is 2. The van der Waals surface area contributed by atoms with Crippen LogP contribution in [-0.4, -0.2) is 9.55 Å². The summed E-state index contributed by atoms with van der Waals surface area (Å²) in [4.78, 5) is 7.97. The number of rotatable bonds is 5. The third-order valence-electron chi connectivity index (χ3n) is 17.9. The molecule has 1 aliphatic rings. The van der Waals surface area contributed by atoms with Gasteiger partial charge in [-0.3, -0.25) is 4.57 Å². The second-order valence-corrected chi connectivity index (χ2v) is 24.7. The van der Waals surface area contributed by atoms with Crippen molar-refractivity contribution in [2.75, 3.05) is 4.90 Å². The maximum Gasteiger partial charge on any atom is 0.138 e. The molecule has 0 fully saturated rings. The highest BCUT2D eigenvalue weighted by atomic mass is 32.1. The molecule has 4 aromatic heterocycles. The van der Waals surface area contributed by atoms with Gasteiger partial charge in [0, 0.05) is 74.3 Å². The minimum absolute atomic E-state index is 0.0871. The predicted octanol–water partition coefficient (Wildman–Crippen LogP) is 22.1. The second kappa shape index (κ2) is 16.7. The van der Waals surface area contributed by atoms with Crippen molar-refractivity contribution in [2.45, 2.75) is 19.3 Å². The van der Waals surface area contributed by atoms with E-state index < -0.39 is 0 Å². The number of benzene rings is 13. The Labute approximate surface area is 474 Å². The van der Waals surface area contributed by atoms with E-state index in [4.69, 9.17) is 4.98 Å². The Morgan fingerprint density at radius 2 is 1.00 bits per heavy atom.